The predicted octanol–water partition coefficient (Wildman–Crippen LogP) is 1.66. The molecule has 0 spiro atoms. The summed E-state index contributed by atoms with van der Waals surface area (Å²) in [5.74, 6) is -4.46. The van der Waals surface area contributed by atoms with E-state index in [0.29, 0.717) is 30.6 Å². The summed E-state index contributed by atoms with van der Waals surface area (Å²) in [4.78, 5) is 96.8. The van der Waals surface area contributed by atoms with Gasteiger partial charge in [0.25, 0.3) is 0 Å². The maximum absolute atomic E-state index is 14.6. The number of para-hydroxylation sites is 2. The first-order valence-electron chi connectivity index (χ1n) is 22.2. The number of nitrogens with two attached hydrogens (primary N) is 3. The molecule has 6 amide bonds. The zero-order chi connectivity index (χ0) is 47.2. The number of carbonyl (C=O) groups is 6. The summed E-state index contributed by atoms with van der Waals surface area (Å²) in [5.41, 5.74) is 22.1. The number of rotatable bonds is 24. The van der Waals surface area contributed by atoms with E-state index in [1.807, 2.05) is 66.7 Å². The lowest BCUT2D eigenvalue weighted by atomic mass is 9.98. The number of benzene rings is 3. The molecule has 6 aromatic rings. The number of aromatic amines is 3. The molecular formula is C48H60N12O6. The number of carbonyl (C=O) groups excluding carboxylic acids is 6. The fourth-order valence-corrected chi connectivity index (χ4v) is 7.90. The second-order valence-corrected chi connectivity index (χ2v) is 16.9. The fraction of sp³-hybridized carbons (Fsp3) is 0.354. The van der Waals surface area contributed by atoms with Gasteiger partial charge >= 0.3 is 0 Å². The summed E-state index contributed by atoms with van der Waals surface area (Å²) in [6.45, 7) is 3.90. The molecule has 0 radical (unpaired) electrons. The lowest BCUT2D eigenvalue weighted by molar-refractivity contribution is -0.135. The zero-order valence-corrected chi connectivity index (χ0v) is 37.1. The van der Waals surface area contributed by atoms with Gasteiger partial charge < -0.3 is 58.7 Å². The summed E-state index contributed by atoms with van der Waals surface area (Å²) in [6.07, 6.45) is 8.23. The van der Waals surface area contributed by atoms with Crippen molar-refractivity contribution in [2.75, 3.05) is 6.54 Å². The fourth-order valence-electron chi connectivity index (χ4n) is 7.90. The molecule has 3 aromatic heterocycles. The normalized spacial score (nSPS) is 14.1. The molecule has 6 rings (SSSR count). The molecule has 66 heavy (non-hydrogen) atoms. The molecule has 0 bridgehead atoms. The Labute approximate surface area is 382 Å². The molecule has 0 aliphatic rings. The maximum atomic E-state index is 14.6. The third-order valence-corrected chi connectivity index (χ3v) is 11.6. The first-order chi connectivity index (χ1) is 31.8. The molecule has 0 saturated carbocycles. The van der Waals surface area contributed by atoms with Crippen LogP contribution in [0.5, 0.6) is 0 Å². The predicted molar refractivity (Wildman–Crippen MR) is 251 cm³/mol. The summed E-state index contributed by atoms with van der Waals surface area (Å²) < 4.78 is 0. The molecule has 348 valence electrons. The number of aromatic nitrogens is 4. The third kappa shape index (κ3) is 12.9. The number of nitrogens with one attached hydrogen (secondary N) is 8. The van der Waals surface area contributed by atoms with Crippen molar-refractivity contribution >= 4 is 57.2 Å². The number of H-pyrrole nitrogens is 3. The van der Waals surface area contributed by atoms with Gasteiger partial charge in [0.2, 0.25) is 35.4 Å². The Hall–Kier alpha value is -7.31. The molecule has 18 heteroatoms. The Morgan fingerprint density at radius 2 is 1.11 bits per heavy atom. The van der Waals surface area contributed by atoms with Gasteiger partial charge in [0.05, 0.1) is 12.4 Å². The van der Waals surface area contributed by atoms with Crippen LogP contribution in [0, 0.1) is 5.92 Å². The quantitative estimate of drug-likeness (QED) is 0.0393. The SMILES string of the molecule is CC(C)[C@H](NC(=O)[C@@H](Cc1c[nH]c2ccccc12)NC(=O)[C@@H](N)Cc1cnc[nH]1)C(=O)N[C@@H](Cc1c[nH]c2ccccc12)C(=O)N[C@H](Cc1ccccc1)C(=O)N[C@@H](CCCCN)C(N)=O. The number of amides is 6. The number of hydrogen-bond acceptors (Lipinski definition) is 9. The van der Waals surface area contributed by atoms with E-state index in [1.54, 1.807) is 44.6 Å². The minimum atomic E-state index is -1.26. The molecule has 0 saturated heterocycles. The van der Waals surface area contributed by atoms with Crippen molar-refractivity contribution in [2.24, 2.45) is 23.1 Å². The molecule has 0 aliphatic carbocycles. The molecule has 18 nitrogen and oxygen atoms in total. The van der Waals surface area contributed by atoms with Crippen molar-refractivity contribution in [1.82, 2.24) is 46.5 Å². The Kier molecular flexibility index (Phi) is 16.8. The molecular weight excluding hydrogens is 841 g/mol. The van der Waals surface area contributed by atoms with Gasteiger partial charge in [-0.15, -0.1) is 0 Å². The number of imidazole rings is 1. The summed E-state index contributed by atoms with van der Waals surface area (Å²) in [5, 5.41) is 15.8. The number of primary amides is 1. The van der Waals surface area contributed by atoms with Crippen LogP contribution in [-0.2, 0) is 54.5 Å². The van der Waals surface area contributed by atoms with E-state index < -0.39 is 77.6 Å². The number of nitrogens with zero attached hydrogens (tertiary/aromatic N) is 1. The van der Waals surface area contributed by atoms with E-state index in [9.17, 15) is 28.8 Å². The van der Waals surface area contributed by atoms with Crippen LogP contribution < -0.4 is 43.8 Å². The molecule has 3 aromatic carbocycles. The van der Waals surface area contributed by atoms with E-state index >= 15 is 0 Å². The highest BCUT2D eigenvalue weighted by atomic mass is 16.2. The summed E-state index contributed by atoms with van der Waals surface area (Å²) in [6, 6.07) is 17.3. The minimum absolute atomic E-state index is 0.00348. The summed E-state index contributed by atoms with van der Waals surface area (Å²) >= 11 is 0. The molecule has 14 N–H and O–H groups in total. The van der Waals surface area contributed by atoms with Crippen LogP contribution in [-0.4, -0.2) is 98.2 Å². The van der Waals surface area contributed by atoms with Gasteiger partial charge in [0, 0.05) is 71.8 Å². The molecule has 0 aliphatic heterocycles. The molecule has 0 unspecified atom stereocenters. The van der Waals surface area contributed by atoms with Crippen LogP contribution in [0.4, 0.5) is 0 Å². The molecule has 6 atom stereocenters. The van der Waals surface area contributed by atoms with Gasteiger partial charge in [0.1, 0.15) is 30.2 Å². The Morgan fingerprint density at radius 1 is 0.591 bits per heavy atom. The first-order valence-corrected chi connectivity index (χ1v) is 22.2. The van der Waals surface area contributed by atoms with Gasteiger partial charge in [-0.25, -0.2) is 4.98 Å². The van der Waals surface area contributed by atoms with Crippen molar-refractivity contribution in [3.05, 3.63) is 126 Å². The van der Waals surface area contributed by atoms with Crippen LogP contribution in [0.3, 0.4) is 0 Å². The van der Waals surface area contributed by atoms with Crippen LogP contribution in [0.15, 0.2) is 104 Å². The van der Waals surface area contributed by atoms with E-state index in [4.69, 9.17) is 17.2 Å². The van der Waals surface area contributed by atoms with Crippen LogP contribution in [0.25, 0.3) is 21.8 Å². The average Bonchev–Trinajstić information content (AvgIpc) is 4.08. The van der Waals surface area contributed by atoms with Crippen molar-refractivity contribution < 1.29 is 28.8 Å². The van der Waals surface area contributed by atoms with Crippen LogP contribution in [0.1, 0.15) is 55.5 Å². The highest BCUT2D eigenvalue weighted by molar-refractivity contribution is 5.97. The smallest absolute Gasteiger partial charge is 0.243 e. The Morgan fingerprint density at radius 3 is 1.65 bits per heavy atom. The van der Waals surface area contributed by atoms with E-state index in [0.717, 1.165) is 32.9 Å². The topological polar surface area (TPSA) is 301 Å². The Balaban J connectivity index is 1.26. The molecule has 3 heterocycles. The van der Waals surface area contributed by atoms with Crippen LogP contribution in [0.2, 0.25) is 0 Å². The van der Waals surface area contributed by atoms with Crippen molar-refractivity contribution in [1.29, 1.82) is 0 Å². The average molecular weight is 901 g/mol. The third-order valence-electron chi connectivity index (χ3n) is 11.6. The van der Waals surface area contributed by atoms with Crippen molar-refractivity contribution in [3.63, 3.8) is 0 Å². The standard InChI is InChI=1S/C48H60N12O6/c1-28(2)42(60-47(65)41(22-31-25-54-37-17-9-7-15-34(31)37)57-44(62)35(50)23-32-26-52-27-55-32)48(66)59-40(21-30-24-53-36-16-8-6-14-33(30)36)46(64)58-39(20-29-12-4-3-5-13-29)45(63)56-38(43(51)61)18-10-11-19-49/h3-9,12-17,24-28,35,38-42,53-54H,10-11,18-23,49-50H2,1-2H3,(H2,51,61)(H,52,55)(H,56,63)(H,57,62)(H,58,64)(H,59,66)(H,60,65)/t35-,38-,39+,40-,41+,42-/m0/s1. The van der Waals surface area contributed by atoms with Crippen molar-refractivity contribution in [3.8, 4) is 0 Å². The number of unbranched alkanes of at least 4 members (excludes halogenated alkanes) is 1. The zero-order valence-electron chi connectivity index (χ0n) is 37.1. The number of hydrogen-bond donors (Lipinski definition) is 11. The minimum Gasteiger partial charge on any atom is -0.368 e. The van der Waals surface area contributed by atoms with Gasteiger partial charge in [-0.2, -0.15) is 0 Å². The maximum Gasteiger partial charge on any atom is 0.243 e. The highest BCUT2D eigenvalue weighted by Gasteiger charge is 2.35. The van der Waals surface area contributed by atoms with Gasteiger partial charge in [0.15, 0.2) is 0 Å². The Bertz CT molecular complexity index is 2570. The van der Waals surface area contributed by atoms with E-state index in [-0.39, 0.29) is 32.1 Å². The van der Waals surface area contributed by atoms with E-state index in [1.165, 1.54) is 6.33 Å². The van der Waals surface area contributed by atoms with Gasteiger partial charge in [-0.3, -0.25) is 28.8 Å². The monoisotopic (exact) mass is 900 g/mol. The van der Waals surface area contributed by atoms with Gasteiger partial charge in [-0.1, -0.05) is 80.6 Å². The summed E-state index contributed by atoms with van der Waals surface area (Å²) in [7, 11) is 0. The highest BCUT2D eigenvalue weighted by Crippen LogP contribution is 2.21. The number of fused-ring (bicyclic) bond motifs is 2. The van der Waals surface area contributed by atoms with Crippen molar-refractivity contribution in [2.45, 2.75) is 95.0 Å². The first kappa shape index (κ1) is 48.2. The van der Waals surface area contributed by atoms with Crippen LogP contribution >= 0.6 is 0 Å². The second kappa shape index (κ2) is 23.0. The van der Waals surface area contributed by atoms with E-state index in [2.05, 4.69) is 46.5 Å². The lowest BCUT2D eigenvalue weighted by Crippen LogP contribution is -2.61. The lowest BCUT2D eigenvalue weighted by Gasteiger charge is -2.29. The molecule has 0 fully saturated rings. The largest absolute Gasteiger partial charge is 0.368 e. The second-order valence-electron chi connectivity index (χ2n) is 16.9. The van der Waals surface area contributed by atoms with Gasteiger partial charge in [-0.05, 0) is 60.5 Å².